The molecule has 4 rings (SSSR count). The minimum Gasteiger partial charge on any atom is -0.469 e. The molecule has 150 valence electrons. The second-order valence-corrected chi connectivity index (χ2v) is 6.29. The zero-order valence-corrected chi connectivity index (χ0v) is 15.1. The highest BCUT2D eigenvalue weighted by molar-refractivity contribution is 5.57. The van der Waals surface area contributed by atoms with Gasteiger partial charge in [0.2, 0.25) is 11.8 Å². The van der Waals surface area contributed by atoms with Crippen LogP contribution in [0.15, 0.2) is 48.9 Å². The Morgan fingerprint density at radius 1 is 1.07 bits per heavy atom. The van der Waals surface area contributed by atoms with Gasteiger partial charge in [0, 0.05) is 24.2 Å². The summed E-state index contributed by atoms with van der Waals surface area (Å²) in [5.74, 6) is -0.495. The van der Waals surface area contributed by atoms with Crippen LogP contribution in [0.2, 0.25) is 0 Å². The van der Waals surface area contributed by atoms with Gasteiger partial charge >= 0.3 is 6.18 Å². The summed E-state index contributed by atoms with van der Waals surface area (Å²) in [6.07, 6.45) is -0.969. The zero-order valence-electron chi connectivity index (χ0n) is 15.1. The van der Waals surface area contributed by atoms with Crippen molar-refractivity contribution in [1.82, 2.24) is 19.9 Å². The molecule has 4 heterocycles. The van der Waals surface area contributed by atoms with Gasteiger partial charge in [-0.1, -0.05) is 6.07 Å². The van der Waals surface area contributed by atoms with Crippen molar-refractivity contribution in [2.24, 2.45) is 0 Å². The molecule has 0 bridgehead atoms. The van der Waals surface area contributed by atoms with Crippen LogP contribution < -0.4 is 10.1 Å². The number of anilines is 1. The Labute approximate surface area is 164 Å². The molecule has 10 heteroatoms. The normalized spacial score (nSPS) is 14.3. The smallest absolute Gasteiger partial charge is 0.423 e. The van der Waals surface area contributed by atoms with E-state index in [9.17, 15) is 13.2 Å². The van der Waals surface area contributed by atoms with E-state index in [1.54, 1.807) is 18.5 Å². The monoisotopic (exact) mass is 403 g/mol. The van der Waals surface area contributed by atoms with E-state index in [1.165, 1.54) is 0 Å². The molecule has 0 amide bonds. The number of pyridine rings is 2. The van der Waals surface area contributed by atoms with E-state index in [2.05, 4.69) is 25.3 Å². The molecule has 0 aliphatic carbocycles. The molecule has 0 unspecified atom stereocenters. The maximum Gasteiger partial charge on any atom is 0.423 e. The van der Waals surface area contributed by atoms with E-state index in [1.807, 2.05) is 24.3 Å². The van der Waals surface area contributed by atoms with Crippen LogP contribution in [0.4, 0.5) is 19.1 Å². The molecule has 3 aromatic rings. The number of hydrogen-bond donors (Lipinski definition) is 1. The van der Waals surface area contributed by atoms with Gasteiger partial charge in [0.1, 0.15) is 11.7 Å². The number of nitrogens with zero attached hydrogens (tertiary/aromatic N) is 4. The molecule has 0 atom stereocenters. The van der Waals surface area contributed by atoms with Crippen molar-refractivity contribution in [3.63, 3.8) is 0 Å². The molecule has 0 spiro atoms. The lowest BCUT2D eigenvalue weighted by Gasteiger charge is -2.27. The summed E-state index contributed by atoms with van der Waals surface area (Å²) in [4.78, 5) is 16.2. The van der Waals surface area contributed by atoms with Crippen molar-refractivity contribution in [1.29, 1.82) is 0 Å². The van der Waals surface area contributed by atoms with E-state index in [0.29, 0.717) is 11.9 Å². The van der Waals surface area contributed by atoms with Crippen LogP contribution in [-0.2, 0) is 17.5 Å². The average Bonchev–Trinajstić information content (AvgIpc) is 2.69. The maximum absolute atomic E-state index is 13.2. The van der Waals surface area contributed by atoms with Gasteiger partial charge in [-0.3, -0.25) is 9.97 Å². The average molecular weight is 403 g/mol. The van der Waals surface area contributed by atoms with E-state index in [-0.39, 0.29) is 25.7 Å². The molecule has 1 saturated heterocycles. The van der Waals surface area contributed by atoms with Gasteiger partial charge in [-0.2, -0.15) is 18.2 Å². The Morgan fingerprint density at radius 3 is 2.55 bits per heavy atom. The molecule has 0 radical (unpaired) electrons. The third-order valence-corrected chi connectivity index (χ3v) is 4.16. The number of alkyl halides is 3. The Kier molecular flexibility index (Phi) is 5.26. The predicted octanol–water partition coefficient (Wildman–Crippen LogP) is 3.34. The molecular formula is C19H16F3N5O2. The number of rotatable bonds is 6. The summed E-state index contributed by atoms with van der Waals surface area (Å²) in [5, 5.41) is 2.87. The first kappa shape index (κ1) is 19.1. The lowest BCUT2D eigenvalue weighted by molar-refractivity contribution is -0.142. The number of hydrogen-bond acceptors (Lipinski definition) is 7. The van der Waals surface area contributed by atoms with Crippen molar-refractivity contribution in [2.75, 3.05) is 18.5 Å². The van der Waals surface area contributed by atoms with Crippen molar-refractivity contribution in [3.05, 3.63) is 60.2 Å². The summed E-state index contributed by atoms with van der Waals surface area (Å²) in [6, 6.07) is 9.25. The first-order valence-corrected chi connectivity index (χ1v) is 8.78. The molecular weight excluding hydrogens is 387 g/mol. The summed E-state index contributed by atoms with van der Waals surface area (Å²) in [5.41, 5.74) is 1.31. The lowest BCUT2D eigenvalue weighted by atomic mass is 10.2. The fourth-order valence-electron chi connectivity index (χ4n) is 2.56. The predicted molar refractivity (Wildman–Crippen MR) is 97.1 cm³/mol. The first-order chi connectivity index (χ1) is 14.0. The molecule has 0 saturated carbocycles. The minimum absolute atomic E-state index is 0.0174. The largest absolute Gasteiger partial charge is 0.469 e. The fraction of sp³-hybridized carbons (Fsp3) is 0.263. The SMILES string of the molecule is FC(F)(F)c1cnc(NCc2ccc(-c3ccccn3)cn2)nc1OC1COC1. The van der Waals surface area contributed by atoms with Gasteiger partial charge in [-0.15, -0.1) is 0 Å². The van der Waals surface area contributed by atoms with Gasteiger partial charge in [-0.05, 0) is 24.3 Å². The topological polar surface area (TPSA) is 82.1 Å². The molecule has 1 aliphatic rings. The molecule has 3 aromatic heterocycles. The number of ether oxygens (including phenoxy) is 2. The van der Waals surface area contributed by atoms with Crippen LogP contribution in [0.5, 0.6) is 5.88 Å². The Morgan fingerprint density at radius 2 is 1.93 bits per heavy atom. The molecule has 1 fully saturated rings. The summed E-state index contributed by atoms with van der Waals surface area (Å²) < 4.78 is 49.7. The quantitative estimate of drug-likeness (QED) is 0.676. The van der Waals surface area contributed by atoms with Crippen LogP contribution in [0.1, 0.15) is 11.3 Å². The van der Waals surface area contributed by atoms with E-state index in [0.717, 1.165) is 11.3 Å². The Hall–Kier alpha value is -3.27. The van der Waals surface area contributed by atoms with Crippen molar-refractivity contribution < 1.29 is 22.6 Å². The van der Waals surface area contributed by atoms with Crippen LogP contribution in [-0.4, -0.2) is 39.3 Å². The van der Waals surface area contributed by atoms with E-state index in [4.69, 9.17) is 9.47 Å². The highest BCUT2D eigenvalue weighted by Gasteiger charge is 2.37. The van der Waals surface area contributed by atoms with E-state index >= 15 is 0 Å². The van der Waals surface area contributed by atoms with Crippen LogP contribution in [0.3, 0.4) is 0 Å². The summed E-state index contributed by atoms with van der Waals surface area (Å²) in [7, 11) is 0. The van der Waals surface area contributed by atoms with Crippen LogP contribution in [0, 0.1) is 0 Å². The van der Waals surface area contributed by atoms with Crippen molar-refractivity contribution in [3.8, 4) is 17.1 Å². The molecule has 7 nitrogen and oxygen atoms in total. The molecule has 29 heavy (non-hydrogen) atoms. The minimum atomic E-state index is -4.61. The lowest BCUT2D eigenvalue weighted by Crippen LogP contribution is -2.39. The second-order valence-electron chi connectivity index (χ2n) is 6.29. The molecule has 1 N–H and O–H groups in total. The summed E-state index contributed by atoms with van der Waals surface area (Å²) in [6.45, 7) is 0.701. The van der Waals surface area contributed by atoms with Gasteiger partial charge < -0.3 is 14.8 Å². The van der Waals surface area contributed by atoms with Gasteiger partial charge in [0.25, 0.3) is 0 Å². The third kappa shape index (κ3) is 4.60. The number of aromatic nitrogens is 4. The first-order valence-electron chi connectivity index (χ1n) is 8.78. The van der Waals surface area contributed by atoms with Gasteiger partial charge in [0.05, 0.1) is 31.1 Å². The Balaban J connectivity index is 1.45. The maximum atomic E-state index is 13.2. The zero-order chi connectivity index (χ0) is 20.3. The van der Waals surface area contributed by atoms with Crippen molar-refractivity contribution >= 4 is 5.95 Å². The van der Waals surface area contributed by atoms with Gasteiger partial charge in [0.15, 0.2) is 0 Å². The van der Waals surface area contributed by atoms with Crippen molar-refractivity contribution in [2.45, 2.75) is 18.8 Å². The van der Waals surface area contributed by atoms with Crippen LogP contribution in [0.25, 0.3) is 11.3 Å². The van der Waals surface area contributed by atoms with Crippen LogP contribution >= 0.6 is 0 Å². The third-order valence-electron chi connectivity index (χ3n) is 4.16. The molecule has 0 aromatic carbocycles. The number of halogens is 3. The number of nitrogens with one attached hydrogen (secondary N) is 1. The Bertz CT molecular complexity index is 964. The van der Waals surface area contributed by atoms with E-state index < -0.39 is 23.7 Å². The highest BCUT2D eigenvalue weighted by Crippen LogP contribution is 2.35. The summed E-state index contributed by atoms with van der Waals surface area (Å²) >= 11 is 0. The van der Waals surface area contributed by atoms with Gasteiger partial charge in [-0.25, -0.2) is 4.98 Å². The molecule has 1 aliphatic heterocycles. The fourth-order valence-corrected chi connectivity index (χ4v) is 2.56. The highest BCUT2D eigenvalue weighted by atomic mass is 19.4. The second kappa shape index (κ2) is 8.00. The standard InChI is InChI=1S/C19H16F3N5O2/c20-19(21,22)15-9-26-18(27-17(15)29-14-10-28-11-14)25-8-13-5-4-12(7-24-13)16-3-1-2-6-23-16/h1-7,9,14H,8,10-11H2,(H,25,26,27).